The smallest absolute Gasteiger partial charge is 0.309 e. The Morgan fingerprint density at radius 2 is 1.10 bits per heavy atom. The zero-order chi connectivity index (χ0) is 22.7. The number of hydrogen-bond donors (Lipinski definition) is 0. The molecule has 1 saturated carbocycles. The highest BCUT2D eigenvalue weighted by atomic mass is 16.5. The van der Waals surface area contributed by atoms with Crippen molar-refractivity contribution in [3.8, 4) is 0 Å². The quantitative estimate of drug-likeness (QED) is 0.163. The van der Waals surface area contributed by atoms with Crippen LogP contribution in [0.1, 0.15) is 130 Å². The Morgan fingerprint density at radius 3 is 1.55 bits per heavy atom. The van der Waals surface area contributed by atoms with Crippen LogP contribution in [0.3, 0.4) is 0 Å². The second-order valence-corrected chi connectivity index (χ2v) is 9.90. The monoisotopic (exact) mass is 438 g/mol. The molecule has 0 aliphatic heterocycles. The molecule has 31 heavy (non-hydrogen) atoms. The third kappa shape index (κ3) is 13.9. The molecule has 1 aliphatic carbocycles. The molecular weight excluding hydrogens is 388 g/mol. The first-order valence-electron chi connectivity index (χ1n) is 13.4. The number of hydrogen-bond acceptors (Lipinski definition) is 4. The van der Waals surface area contributed by atoms with Crippen LogP contribution in [0.25, 0.3) is 0 Å². The highest BCUT2D eigenvalue weighted by molar-refractivity contribution is 5.82. The molecular formula is C27H50O4. The molecule has 2 unspecified atom stereocenters. The minimum atomic E-state index is -0.303. The van der Waals surface area contributed by atoms with E-state index in [9.17, 15) is 9.59 Å². The Morgan fingerprint density at radius 1 is 0.677 bits per heavy atom. The molecule has 0 bridgehead atoms. The zero-order valence-electron chi connectivity index (χ0n) is 20.8. The third-order valence-electron chi connectivity index (χ3n) is 6.53. The van der Waals surface area contributed by atoms with Crippen LogP contribution in [0.2, 0.25) is 0 Å². The molecule has 0 saturated heterocycles. The summed E-state index contributed by atoms with van der Waals surface area (Å²) in [7, 11) is 0. The number of ether oxygens (including phenoxy) is 2. The molecule has 0 amide bonds. The van der Waals surface area contributed by atoms with Gasteiger partial charge in [-0.2, -0.15) is 0 Å². The van der Waals surface area contributed by atoms with Crippen LogP contribution in [0.5, 0.6) is 0 Å². The van der Waals surface area contributed by atoms with E-state index in [0.29, 0.717) is 13.2 Å². The van der Waals surface area contributed by atoms with Gasteiger partial charge in [-0.3, -0.25) is 9.59 Å². The van der Waals surface area contributed by atoms with Crippen LogP contribution >= 0.6 is 0 Å². The Kier molecular flexibility index (Phi) is 16.7. The SMILES string of the molecule is CCCCCCOC(=O)C1CCCCC1C(=O)OCCCCCCCCCCC(C)C. The second kappa shape index (κ2) is 18.5. The molecule has 0 spiro atoms. The van der Waals surface area contributed by atoms with Crippen molar-refractivity contribution in [1.82, 2.24) is 0 Å². The van der Waals surface area contributed by atoms with Gasteiger partial charge in [0.15, 0.2) is 0 Å². The molecule has 0 aromatic rings. The van der Waals surface area contributed by atoms with Gasteiger partial charge in [-0.25, -0.2) is 0 Å². The second-order valence-electron chi connectivity index (χ2n) is 9.90. The highest BCUT2D eigenvalue weighted by Gasteiger charge is 2.37. The van der Waals surface area contributed by atoms with Gasteiger partial charge in [-0.1, -0.05) is 104 Å². The molecule has 1 fully saturated rings. The predicted molar refractivity (Wildman–Crippen MR) is 128 cm³/mol. The van der Waals surface area contributed by atoms with E-state index in [-0.39, 0.29) is 23.8 Å². The van der Waals surface area contributed by atoms with Crippen LogP contribution in [-0.4, -0.2) is 25.2 Å². The van der Waals surface area contributed by atoms with Crippen molar-refractivity contribution in [3.05, 3.63) is 0 Å². The number of carbonyl (C=O) groups excluding carboxylic acids is 2. The summed E-state index contributed by atoms with van der Waals surface area (Å²) in [6.07, 6.45) is 19.2. The predicted octanol–water partition coefficient (Wildman–Crippen LogP) is 7.63. The summed E-state index contributed by atoms with van der Waals surface area (Å²) in [6.45, 7) is 7.72. The summed E-state index contributed by atoms with van der Waals surface area (Å²) in [5.41, 5.74) is 0. The largest absolute Gasteiger partial charge is 0.465 e. The average molecular weight is 439 g/mol. The Labute approximate surface area is 192 Å². The lowest BCUT2D eigenvalue weighted by Gasteiger charge is -2.28. The summed E-state index contributed by atoms with van der Waals surface area (Å²) < 4.78 is 11.0. The van der Waals surface area contributed by atoms with Crippen molar-refractivity contribution in [2.45, 2.75) is 130 Å². The van der Waals surface area contributed by atoms with E-state index in [1.54, 1.807) is 0 Å². The van der Waals surface area contributed by atoms with Gasteiger partial charge in [0, 0.05) is 0 Å². The highest BCUT2D eigenvalue weighted by Crippen LogP contribution is 2.32. The maximum Gasteiger partial charge on any atom is 0.309 e. The van der Waals surface area contributed by atoms with Crippen LogP contribution in [0.15, 0.2) is 0 Å². The molecule has 0 N–H and O–H groups in total. The van der Waals surface area contributed by atoms with Gasteiger partial charge in [0.25, 0.3) is 0 Å². The molecule has 0 radical (unpaired) electrons. The summed E-state index contributed by atoms with van der Waals surface area (Å²) in [5, 5.41) is 0. The van der Waals surface area contributed by atoms with Gasteiger partial charge in [-0.05, 0) is 31.6 Å². The zero-order valence-corrected chi connectivity index (χ0v) is 20.8. The van der Waals surface area contributed by atoms with Crippen LogP contribution in [-0.2, 0) is 19.1 Å². The lowest BCUT2D eigenvalue weighted by atomic mass is 9.79. The topological polar surface area (TPSA) is 52.6 Å². The van der Waals surface area contributed by atoms with Crippen LogP contribution in [0.4, 0.5) is 0 Å². The molecule has 1 aliphatic rings. The van der Waals surface area contributed by atoms with Gasteiger partial charge >= 0.3 is 11.9 Å². The molecule has 1 rings (SSSR count). The van der Waals surface area contributed by atoms with Gasteiger partial charge in [0.2, 0.25) is 0 Å². The average Bonchev–Trinajstić information content (AvgIpc) is 2.76. The standard InChI is InChI=1S/C27H50O4/c1-4-5-6-16-21-30-26(28)24-19-14-15-20-25(24)27(29)31-22-17-12-10-8-7-9-11-13-18-23(2)3/h23-25H,4-22H2,1-3H3. The van der Waals surface area contributed by atoms with E-state index in [0.717, 1.165) is 57.3 Å². The van der Waals surface area contributed by atoms with E-state index in [1.165, 1.54) is 57.8 Å². The lowest BCUT2D eigenvalue weighted by Crippen LogP contribution is -2.35. The number of esters is 2. The summed E-state index contributed by atoms with van der Waals surface area (Å²) in [6, 6.07) is 0. The minimum Gasteiger partial charge on any atom is -0.465 e. The third-order valence-corrected chi connectivity index (χ3v) is 6.53. The first-order valence-corrected chi connectivity index (χ1v) is 13.4. The molecule has 4 heteroatoms. The van der Waals surface area contributed by atoms with E-state index in [1.807, 2.05) is 0 Å². The lowest BCUT2D eigenvalue weighted by molar-refractivity contribution is -0.163. The summed E-state index contributed by atoms with van der Waals surface area (Å²) in [5.74, 6) is -0.150. The fourth-order valence-corrected chi connectivity index (χ4v) is 4.50. The molecule has 4 nitrogen and oxygen atoms in total. The fraction of sp³-hybridized carbons (Fsp3) is 0.926. The number of unbranched alkanes of at least 4 members (excludes halogenated alkanes) is 10. The first kappa shape index (κ1) is 28.0. The normalized spacial score (nSPS) is 18.8. The van der Waals surface area contributed by atoms with Crippen molar-refractivity contribution in [2.75, 3.05) is 13.2 Å². The van der Waals surface area contributed by atoms with Gasteiger partial charge in [-0.15, -0.1) is 0 Å². The maximum atomic E-state index is 12.6. The maximum absolute atomic E-state index is 12.6. The van der Waals surface area contributed by atoms with Crippen LogP contribution < -0.4 is 0 Å². The van der Waals surface area contributed by atoms with Crippen molar-refractivity contribution in [2.24, 2.45) is 17.8 Å². The Hall–Kier alpha value is -1.06. The van der Waals surface area contributed by atoms with Gasteiger partial charge in [0.1, 0.15) is 0 Å². The van der Waals surface area contributed by atoms with Gasteiger partial charge in [0.05, 0.1) is 25.0 Å². The molecule has 0 aromatic heterocycles. The van der Waals surface area contributed by atoms with Crippen molar-refractivity contribution < 1.29 is 19.1 Å². The van der Waals surface area contributed by atoms with E-state index in [2.05, 4.69) is 20.8 Å². The Bertz CT molecular complexity index is 460. The first-order chi connectivity index (χ1) is 15.1. The van der Waals surface area contributed by atoms with E-state index >= 15 is 0 Å². The summed E-state index contributed by atoms with van der Waals surface area (Å²) >= 11 is 0. The Balaban J connectivity index is 2.12. The number of carbonyl (C=O) groups is 2. The molecule has 2 atom stereocenters. The molecule has 182 valence electrons. The number of rotatable bonds is 18. The summed E-state index contributed by atoms with van der Waals surface area (Å²) in [4.78, 5) is 25.1. The van der Waals surface area contributed by atoms with Gasteiger partial charge < -0.3 is 9.47 Å². The minimum absolute atomic E-state index is 0.183. The van der Waals surface area contributed by atoms with Crippen molar-refractivity contribution in [1.29, 1.82) is 0 Å². The van der Waals surface area contributed by atoms with E-state index < -0.39 is 0 Å². The molecule has 0 aromatic carbocycles. The molecule has 0 heterocycles. The van der Waals surface area contributed by atoms with Crippen molar-refractivity contribution >= 4 is 11.9 Å². The van der Waals surface area contributed by atoms with Crippen molar-refractivity contribution in [3.63, 3.8) is 0 Å². The van der Waals surface area contributed by atoms with Crippen LogP contribution in [0, 0.1) is 17.8 Å². The van der Waals surface area contributed by atoms with E-state index in [4.69, 9.17) is 9.47 Å². The fourth-order valence-electron chi connectivity index (χ4n) is 4.50.